The minimum atomic E-state index is -3.45. The number of benzene rings is 1. The van der Waals surface area contributed by atoms with Crippen LogP contribution in [0.3, 0.4) is 0 Å². The van der Waals surface area contributed by atoms with Gasteiger partial charge in [-0.15, -0.1) is 0 Å². The molecule has 0 N–H and O–H groups in total. The number of hydrogen-bond donors (Lipinski definition) is 0. The maximum absolute atomic E-state index is 12.8. The summed E-state index contributed by atoms with van der Waals surface area (Å²) in [6.07, 6.45) is 1.75. The fraction of sp³-hybridized carbons (Fsp3) is 0.300. The number of rotatable bonds is 4. The molecule has 146 valence electrons. The molecule has 1 aliphatic heterocycles. The lowest BCUT2D eigenvalue weighted by molar-refractivity contribution is 0.384. The zero-order valence-electron chi connectivity index (χ0n) is 16.0. The van der Waals surface area contributed by atoms with Crippen LogP contribution in [0.4, 0.5) is 5.69 Å². The van der Waals surface area contributed by atoms with Gasteiger partial charge in [0.05, 0.1) is 22.0 Å². The zero-order chi connectivity index (χ0) is 19.7. The molecule has 0 saturated carbocycles. The van der Waals surface area contributed by atoms with Crippen molar-refractivity contribution in [3.63, 3.8) is 0 Å². The summed E-state index contributed by atoms with van der Waals surface area (Å²) < 4.78 is 29.1. The Bertz CT molecular complexity index is 1060. The van der Waals surface area contributed by atoms with Crippen LogP contribution in [0.25, 0.3) is 5.82 Å². The third-order valence-electron chi connectivity index (χ3n) is 5.06. The van der Waals surface area contributed by atoms with Crippen LogP contribution in [0.15, 0.2) is 59.6 Å². The molecule has 1 fully saturated rings. The van der Waals surface area contributed by atoms with Crippen LogP contribution >= 0.6 is 0 Å². The average Bonchev–Trinajstić information content (AvgIpc) is 3.03. The molecule has 2 aromatic heterocycles. The van der Waals surface area contributed by atoms with Gasteiger partial charge in [0.1, 0.15) is 0 Å². The summed E-state index contributed by atoms with van der Waals surface area (Å²) in [5.41, 5.74) is 2.99. The van der Waals surface area contributed by atoms with E-state index in [1.54, 1.807) is 34.8 Å². The fourth-order valence-corrected chi connectivity index (χ4v) is 5.13. The second-order valence-electron chi connectivity index (χ2n) is 6.82. The Hall–Kier alpha value is -2.71. The lowest BCUT2D eigenvalue weighted by Crippen LogP contribution is -2.49. The lowest BCUT2D eigenvalue weighted by Gasteiger charge is -2.35. The van der Waals surface area contributed by atoms with Crippen molar-refractivity contribution in [2.75, 3.05) is 31.1 Å². The minimum absolute atomic E-state index is 0.346. The summed E-state index contributed by atoms with van der Waals surface area (Å²) >= 11 is 0. The third kappa shape index (κ3) is 3.29. The molecule has 3 heterocycles. The molecule has 8 heteroatoms. The summed E-state index contributed by atoms with van der Waals surface area (Å²) in [6, 6.07) is 14.4. The van der Waals surface area contributed by atoms with Crippen molar-refractivity contribution >= 4 is 15.7 Å². The number of anilines is 1. The maximum atomic E-state index is 12.8. The highest BCUT2D eigenvalue weighted by Crippen LogP contribution is 2.28. The van der Waals surface area contributed by atoms with Crippen LogP contribution in [0.1, 0.15) is 11.4 Å². The molecule has 0 bridgehead atoms. The van der Waals surface area contributed by atoms with Gasteiger partial charge >= 0.3 is 0 Å². The molecule has 7 nitrogen and oxygen atoms in total. The van der Waals surface area contributed by atoms with Crippen LogP contribution < -0.4 is 4.90 Å². The maximum Gasteiger partial charge on any atom is 0.243 e. The second-order valence-corrected chi connectivity index (χ2v) is 8.76. The monoisotopic (exact) mass is 397 g/mol. The van der Waals surface area contributed by atoms with E-state index in [0.717, 1.165) is 22.9 Å². The fourth-order valence-electron chi connectivity index (χ4n) is 3.69. The summed E-state index contributed by atoms with van der Waals surface area (Å²) in [5.74, 6) is 0.777. The van der Waals surface area contributed by atoms with Crippen LogP contribution in [0.2, 0.25) is 0 Å². The van der Waals surface area contributed by atoms with E-state index in [2.05, 4.69) is 15.0 Å². The van der Waals surface area contributed by atoms with Gasteiger partial charge in [-0.2, -0.15) is 9.40 Å². The molecule has 3 aromatic rings. The molecule has 0 amide bonds. The van der Waals surface area contributed by atoms with Crippen molar-refractivity contribution < 1.29 is 8.42 Å². The second kappa shape index (κ2) is 7.37. The SMILES string of the molecule is Cc1nn(-c2ccccn2)c(C)c1N1CCN(S(=O)(=O)c2ccccc2)CC1. The lowest BCUT2D eigenvalue weighted by atomic mass is 10.2. The molecule has 4 rings (SSSR count). The molecule has 1 aliphatic rings. The first-order valence-electron chi connectivity index (χ1n) is 9.26. The minimum Gasteiger partial charge on any atom is -0.366 e. The quantitative estimate of drug-likeness (QED) is 0.676. The van der Waals surface area contributed by atoms with Gasteiger partial charge < -0.3 is 4.90 Å². The molecule has 0 atom stereocenters. The molecular weight excluding hydrogens is 374 g/mol. The molecule has 1 saturated heterocycles. The van der Waals surface area contributed by atoms with Crippen molar-refractivity contribution in [2.24, 2.45) is 0 Å². The first-order valence-corrected chi connectivity index (χ1v) is 10.7. The number of hydrogen-bond acceptors (Lipinski definition) is 5. The van der Waals surface area contributed by atoms with Gasteiger partial charge in [-0.05, 0) is 38.1 Å². The predicted octanol–water partition coefficient (Wildman–Crippen LogP) is 2.40. The Morgan fingerprint density at radius 3 is 2.21 bits per heavy atom. The predicted molar refractivity (Wildman–Crippen MR) is 108 cm³/mol. The normalized spacial score (nSPS) is 15.7. The van der Waals surface area contributed by atoms with Gasteiger partial charge in [-0.25, -0.2) is 18.1 Å². The van der Waals surface area contributed by atoms with Gasteiger partial charge in [0.2, 0.25) is 10.0 Å². The summed E-state index contributed by atoms with van der Waals surface area (Å²) in [5, 5.41) is 4.65. The van der Waals surface area contributed by atoms with E-state index in [1.807, 2.05) is 42.8 Å². The zero-order valence-corrected chi connectivity index (χ0v) is 16.8. The van der Waals surface area contributed by atoms with Crippen LogP contribution in [0, 0.1) is 13.8 Å². The molecule has 28 heavy (non-hydrogen) atoms. The number of piperazine rings is 1. The van der Waals surface area contributed by atoms with Gasteiger partial charge in [0, 0.05) is 32.4 Å². The van der Waals surface area contributed by atoms with Crippen LogP contribution in [-0.4, -0.2) is 53.7 Å². The Labute approximate surface area is 165 Å². The Balaban J connectivity index is 1.54. The summed E-state index contributed by atoms with van der Waals surface area (Å²) in [4.78, 5) is 6.94. The van der Waals surface area contributed by atoms with Gasteiger partial charge in [0.15, 0.2) is 5.82 Å². The average molecular weight is 398 g/mol. The molecule has 0 radical (unpaired) electrons. The van der Waals surface area contributed by atoms with Gasteiger partial charge in [0.25, 0.3) is 0 Å². The van der Waals surface area contributed by atoms with Crippen molar-refractivity contribution in [1.29, 1.82) is 0 Å². The highest BCUT2D eigenvalue weighted by Gasteiger charge is 2.30. The van der Waals surface area contributed by atoms with E-state index < -0.39 is 10.0 Å². The highest BCUT2D eigenvalue weighted by molar-refractivity contribution is 7.89. The van der Waals surface area contributed by atoms with Crippen LogP contribution in [0.5, 0.6) is 0 Å². The standard InChI is InChI=1S/C20H23N5O2S/c1-16-20(17(2)25(22-16)19-10-6-7-11-21-19)23-12-14-24(15-13-23)28(26,27)18-8-4-3-5-9-18/h3-11H,12-15H2,1-2H3. The van der Waals surface area contributed by atoms with Gasteiger partial charge in [-0.1, -0.05) is 24.3 Å². The Morgan fingerprint density at radius 2 is 1.57 bits per heavy atom. The number of nitrogens with zero attached hydrogens (tertiary/aromatic N) is 5. The van der Waals surface area contributed by atoms with E-state index >= 15 is 0 Å². The molecule has 0 aliphatic carbocycles. The van der Waals surface area contributed by atoms with E-state index in [0.29, 0.717) is 31.1 Å². The topological polar surface area (TPSA) is 71.3 Å². The van der Waals surface area contributed by atoms with E-state index in [9.17, 15) is 8.42 Å². The third-order valence-corrected chi connectivity index (χ3v) is 6.97. The number of aryl methyl sites for hydroxylation is 1. The number of aromatic nitrogens is 3. The number of sulfonamides is 1. The Kier molecular flexibility index (Phi) is 4.91. The summed E-state index contributed by atoms with van der Waals surface area (Å²) in [7, 11) is -3.45. The molecule has 0 unspecified atom stereocenters. The van der Waals surface area contributed by atoms with E-state index in [4.69, 9.17) is 0 Å². The Morgan fingerprint density at radius 1 is 0.893 bits per heavy atom. The first kappa shape index (κ1) is 18.6. The van der Waals surface area contributed by atoms with E-state index in [1.165, 1.54) is 0 Å². The summed E-state index contributed by atoms with van der Waals surface area (Å²) in [6.45, 7) is 6.16. The smallest absolute Gasteiger partial charge is 0.243 e. The molecule has 1 aromatic carbocycles. The van der Waals surface area contributed by atoms with Crippen molar-refractivity contribution in [1.82, 2.24) is 19.1 Å². The first-order chi connectivity index (χ1) is 13.5. The van der Waals surface area contributed by atoms with Crippen molar-refractivity contribution in [2.45, 2.75) is 18.7 Å². The van der Waals surface area contributed by atoms with Crippen LogP contribution in [-0.2, 0) is 10.0 Å². The van der Waals surface area contributed by atoms with Gasteiger partial charge in [-0.3, -0.25) is 0 Å². The van der Waals surface area contributed by atoms with E-state index in [-0.39, 0.29) is 0 Å². The molecular formula is C20H23N5O2S. The molecule has 0 spiro atoms. The largest absolute Gasteiger partial charge is 0.366 e. The highest BCUT2D eigenvalue weighted by atomic mass is 32.2. The van der Waals surface area contributed by atoms with Crippen molar-refractivity contribution in [3.05, 3.63) is 66.1 Å². The number of pyridine rings is 1. The van der Waals surface area contributed by atoms with Crippen molar-refractivity contribution in [3.8, 4) is 5.82 Å².